The number of fused-ring (bicyclic) bond motifs is 1. The van der Waals surface area contributed by atoms with E-state index in [0.29, 0.717) is 27.7 Å². The predicted octanol–water partition coefficient (Wildman–Crippen LogP) is 2.69. The van der Waals surface area contributed by atoms with E-state index >= 15 is 0 Å². The Labute approximate surface area is 122 Å². The van der Waals surface area contributed by atoms with Gasteiger partial charge in [0.25, 0.3) is 5.91 Å². The van der Waals surface area contributed by atoms with Crippen LogP contribution < -0.4 is 14.8 Å². The van der Waals surface area contributed by atoms with Gasteiger partial charge in [-0.1, -0.05) is 31.9 Å². The molecule has 0 spiro atoms. The van der Waals surface area contributed by atoms with E-state index in [1.807, 2.05) is 6.92 Å². The molecular weight excluding hydrogens is 366 g/mol. The second-order valence-electron chi connectivity index (χ2n) is 4.35. The molecule has 0 atom stereocenters. The lowest BCUT2D eigenvalue weighted by Crippen LogP contribution is -2.48. The molecule has 1 aromatic carbocycles. The summed E-state index contributed by atoms with van der Waals surface area (Å²) in [5, 5.41) is 4.31. The Balaban J connectivity index is 2.14. The summed E-state index contributed by atoms with van der Waals surface area (Å²) in [4.78, 5) is 12.1. The molecule has 0 radical (unpaired) electrons. The van der Waals surface area contributed by atoms with Gasteiger partial charge in [0.05, 0.1) is 5.54 Å². The van der Waals surface area contributed by atoms with Crippen molar-refractivity contribution < 1.29 is 14.3 Å². The molecule has 0 unspecified atom stereocenters. The molecular formula is C12H13Br2NO3. The third-order valence-electron chi connectivity index (χ3n) is 2.64. The van der Waals surface area contributed by atoms with Crippen molar-refractivity contribution >= 4 is 37.8 Å². The van der Waals surface area contributed by atoms with Crippen LogP contribution in [0.2, 0.25) is 0 Å². The number of halogens is 2. The van der Waals surface area contributed by atoms with Crippen LogP contribution in [-0.4, -0.2) is 28.9 Å². The molecule has 1 heterocycles. The summed E-state index contributed by atoms with van der Waals surface area (Å²) in [6.45, 7) is 2.17. The minimum Gasteiger partial charge on any atom is -0.454 e. The lowest BCUT2D eigenvalue weighted by molar-refractivity contribution is 0.0922. The van der Waals surface area contributed by atoms with Gasteiger partial charge in [0, 0.05) is 16.2 Å². The highest BCUT2D eigenvalue weighted by molar-refractivity contribution is 9.09. The van der Waals surface area contributed by atoms with Crippen LogP contribution in [0.15, 0.2) is 18.2 Å². The number of hydrogen-bond donors (Lipinski definition) is 1. The van der Waals surface area contributed by atoms with Crippen LogP contribution in [0.1, 0.15) is 17.3 Å². The third-order valence-corrected chi connectivity index (χ3v) is 5.12. The fraction of sp³-hybridized carbons (Fsp3) is 0.417. The summed E-state index contributed by atoms with van der Waals surface area (Å²) in [7, 11) is 0. The van der Waals surface area contributed by atoms with Crippen molar-refractivity contribution in [1.82, 2.24) is 5.32 Å². The maximum absolute atomic E-state index is 12.1. The monoisotopic (exact) mass is 377 g/mol. The van der Waals surface area contributed by atoms with Crippen molar-refractivity contribution in [2.75, 3.05) is 17.5 Å². The van der Waals surface area contributed by atoms with Gasteiger partial charge in [0.2, 0.25) is 6.79 Å². The van der Waals surface area contributed by atoms with E-state index in [2.05, 4.69) is 37.2 Å². The van der Waals surface area contributed by atoms with E-state index < -0.39 is 0 Å². The Morgan fingerprint density at radius 1 is 1.33 bits per heavy atom. The van der Waals surface area contributed by atoms with Crippen LogP contribution in [0.5, 0.6) is 11.5 Å². The number of ether oxygens (including phenoxy) is 2. The lowest BCUT2D eigenvalue weighted by atomic mass is 10.1. The molecule has 18 heavy (non-hydrogen) atoms. The molecule has 0 saturated heterocycles. The first-order valence-electron chi connectivity index (χ1n) is 5.42. The van der Waals surface area contributed by atoms with Crippen molar-refractivity contribution in [3.63, 3.8) is 0 Å². The van der Waals surface area contributed by atoms with Gasteiger partial charge >= 0.3 is 0 Å². The van der Waals surface area contributed by atoms with E-state index in [1.54, 1.807) is 18.2 Å². The van der Waals surface area contributed by atoms with E-state index in [0.717, 1.165) is 0 Å². The van der Waals surface area contributed by atoms with Crippen molar-refractivity contribution in [2.24, 2.45) is 0 Å². The number of benzene rings is 1. The molecule has 2 rings (SSSR count). The van der Waals surface area contributed by atoms with E-state index in [1.165, 1.54) is 0 Å². The first-order valence-corrected chi connectivity index (χ1v) is 7.66. The molecule has 98 valence electrons. The SMILES string of the molecule is CC(CBr)(CBr)NC(=O)c1ccc2c(c1)OCO2. The Hall–Kier alpha value is -0.750. The minimum atomic E-state index is -0.326. The molecule has 1 N–H and O–H groups in total. The van der Waals surface area contributed by atoms with Crippen LogP contribution in [0, 0.1) is 0 Å². The number of rotatable bonds is 4. The smallest absolute Gasteiger partial charge is 0.251 e. The Morgan fingerprint density at radius 3 is 2.67 bits per heavy atom. The van der Waals surface area contributed by atoms with E-state index in [-0.39, 0.29) is 18.2 Å². The molecule has 0 aliphatic carbocycles. The van der Waals surface area contributed by atoms with E-state index in [4.69, 9.17) is 9.47 Å². The summed E-state index contributed by atoms with van der Waals surface area (Å²) in [5.74, 6) is 1.16. The zero-order valence-electron chi connectivity index (χ0n) is 9.83. The zero-order chi connectivity index (χ0) is 13.2. The van der Waals surface area contributed by atoms with Crippen LogP contribution in [0.25, 0.3) is 0 Å². The second kappa shape index (κ2) is 5.48. The summed E-state index contributed by atoms with van der Waals surface area (Å²) in [5.41, 5.74) is 0.236. The number of alkyl halides is 2. The van der Waals surface area contributed by atoms with Crippen LogP contribution in [-0.2, 0) is 0 Å². The Morgan fingerprint density at radius 2 is 2.00 bits per heavy atom. The van der Waals surface area contributed by atoms with E-state index in [9.17, 15) is 4.79 Å². The van der Waals surface area contributed by atoms with Gasteiger partial charge < -0.3 is 14.8 Å². The van der Waals surface area contributed by atoms with Gasteiger partial charge in [0.15, 0.2) is 11.5 Å². The molecule has 0 aromatic heterocycles. The lowest BCUT2D eigenvalue weighted by Gasteiger charge is -2.26. The fourth-order valence-corrected chi connectivity index (χ4v) is 2.70. The second-order valence-corrected chi connectivity index (χ2v) is 5.47. The average Bonchev–Trinajstić information content (AvgIpc) is 2.85. The molecule has 1 aromatic rings. The maximum Gasteiger partial charge on any atom is 0.251 e. The fourth-order valence-electron chi connectivity index (χ4n) is 1.49. The summed E-state index contributed by atoms with van der Waals surface area (Å²) < 4.78 is 10.5. The first-order chi connectivity index (χ1) is 8.58. The average molecular weight is 379 g/mol. The highest BCUT2D eigenvalue weighted by atomic mass is 79.9. The van der Waals surface area contributed by atoms with Gasteiger partial charge in [0.1, 0.15) is 0 Å². The van der Waals surface area contributed by atoms with Crippen molar-refractivity contribution in [3.8, 4) is 11.5 Å². The predicted molar refractivity (Wildman–Crippen MR) is 76.0 cm³/mol. The van der Waals surface area contributed by atoms with Crippen LogP contribution in [0.4, 0.5) is 0 Å². The standard InChI is InChI=1S/C12H13Br2NO3/c1-12(5-13,6-14)15-11(16)8-2-3-9-10(4-8)18-7-17-9/h2-4H,5-7H2,1H3,(H,15,16). The topological polar surface area (TPSA) is 47.6 Å². The normalized spacial score (nSPS) is 13.5. The third kappa shape index (κ3) is 2.80. The Kier molecular flexibility index (Phi) is 4.17. The quantitative estimate of drug-likeness (QED) is 0.819. The van der Waals surface area contributed by atoms with Crippen molar-refractivity contribution in [3.05, 3.63) is 23.8 Å². The van der Waals surface area contributed by atoms with Crippen LogP contribution in [0.3, 0.4) is 0 Å². The molecule has 1 amide bonds. The summed E-state index contributed by atoms with van der Waals surface area (Å²) in [6.07, 6.45) is 0. The largest absolute Gasteiger partial charge is 0.454 e. The van der Waals surface area contributed by atoms with Gasteiger partial charge in [-0.05, 0) is 25.1 Å². The number of hydrogen-bond acceptors (Lipinski definition) is 3. The molecule has 4 nitrogen and oxygen atoms in total. The highest BCUT2D eigenvalue weighted by Crippen LogP contribution is 2.32. The van der Waals surface area contributed by atoms with Gasteiger partial charge in [-0.2, -0.15) is 0 Å². The van der Waals surface area contributed by atoms with Gasteiger partial charge in [-0.3, -0.25) is 4.79 Å². The molecule has 0 saturated carbocycles. The molecule has 1 aliphatic heterocycles. The minimum absolute atomic E-state index is 0.130. The summed E-state index contributed by atoms with van der Waals surface area (Å²) >= 11 is 6.79. The number of carbonyl (C=O) groups is 1. The maximum atomic E-state index is 12.1. The van der Waals surface area contributed by atoms with Crippen LogP contribution >= 0.6 is 31.9 Å². The van der Waals surface area contributed by atoms with Gasteiger partial charge in [-0.25, -0.2) is 0 Å². The number of carbonyl (C=O) groups excluding carboxylic acids is 1. The Bertz CT molecular complexity index is 461. The molecule has 0 fully saturated rings. The highest BCUT2D eigenvalue weighted by Gasteiger charge is 2.25. The van der Waals surface area contributed by atoms with Crippen molar-refractivity contribution in [1.29, 1.82) is 0 Å². The summed E-state index contributed by atoms with van der Waals surface area (Å²) in [6, 6.07) is 5.17. The first kappa shape index (κ1) is 13.7. The molecule has 0 bridgehead atoms. The molecule has 6 heteroatoms. The number of nitrogens with one attached hydrogen (secondary N) is 1. The van der Waals surface area contributed by atoms with Crippen molar-refractivity contribution in [2.45, 2.75) is 12.5 Å². The zero-order valence-corrected chi connectivity index (χ0v) is 13.0. The number of amides is 1. The van der Waals surface area contributed by atoms with Gasteiger partial charge in [-0.15, -0.1) is 0 Å². The molecule has 1 aliphatic rings.